The summed E-state index contributed by atoms with van der Waals surface area (Å²) in [7, 11) is 0. The molecule has 4 atom stereocenters. The zero-order valence-corrected chi connectivity index (χ0v) is 17.9. The normalized spacial score (nSPS) is 22.2. The van der Waals surface area contributed by atoms with Crippen molar-refractivity contribution in [1.29, 1.82) is 5.41 Å². The van der Waals surface area contributed by atoms with E-state index in [0.29, 0.717) is 29.2 Å². The minimum Gasteiger partial charge on any atom is -0.376 e. The van der Waals surface area contributed by atoms with E-state index in [1.165, 1.54) is 0 Å². The molecule has 8 nitrogen and oxygen atoms in total. The molecule has 2 aliphatic rings. The summed E-state index contributed by atoms with van der Waals surface area (Å²) >= 11 is 0. The number of piperidine rings is 1. The molecule has 3 amide bonds. The molecule has 5 N–H and O–H groups in total. The molecule has 1 aliphatic carbocycles. The van der Waals surface area contributed by atoms with Gasteiger partial charge in [0.15, 0.2) is 0 Å². The lowest BCUT2D eigenvalue weighted by Crippen LogP contribution is -2.51. The molecule has 1 saturated carbocycles. The van der Waals surface area contributed by atoms with Crippen LogP contribution < -0.4 is 16.4 Å². The number of rotatable bonds is 8. The topological polar surface area (TPSA) is 128 Å². The number of carbonyl (C=O) groups is 3. The van der Waals surface area contributed by atoms with Gasteiger partial charge in [-0.1, -0.05) is 18.2 Å². The second-order valence-corrected chi connectivity index (χ2v) is 8.33. The summed E-state index contributed by atoms with van der Waals surface area (Å²) < 4.78 is 14.1. The van der Waals surface area contributed by atoms with Crippen molar-refractivity contribution in [3.05, 3.63) is 41.2 Å². The van der Waals surface area contributed by atoms with Crippen LogP contribution in [0.2, 0.25) is 0 Å². The molecule has 0 bridgehead atoms. The van der Waals surface area contributed by atoms with Crippen molar-refractivity contribution >= 4 is 29.1 Å². The second-order valence-electron chi connectivity index (χ2n) is 8.33. The van der Waals surface area contributed by atoms with Crippen LogP contribution in [0.15, 0.2) is 35.7 Å². The lowest BCUT2D eigenvalue weighted by atomic mass is 10.1. The van der Waals surface area contributed by atoms with Crippen molar-refractivity contribution < 1.29 is 18.8 Å². The first kappa shape index (κ1) is 22.5. The van der Waals surface area contributed by atoms with Crippen LogP contribution in [0.25, 0.3) is 0 Å². The number of halogens is 1. The second kappa shape index (κ2) is 8.87. The minimum atomic E-state index is -0.865. The Hall–Kier alpha value is -3.23. The molecule has 1 unspecified atom stereocenters. The predicted molar refractivity (Wildman–Crippen MR) is 115 cm³/mol. The SMILES string of the molecule is CC(C)=C(F)C(C)NC(=O)[C@@H]1C[C@H]2C[C@H]2N1C(=O)CNc1ccccc1C(=N)C(N)=O. The number of nitrogens with one attached hydrogen (secondary N) is 3. The Morgan fingerprint density at radius 3 is 2.58 bits per heavy atom. The third-order valence-corrected chi connectivity index (χ3v) is 5.78. The highest BCUT2D eigenvalue weighted by molar-refractivity contribution is 6.44. The summed E-state index contributed by atoms with van der Waals surface area (Å²) in [4.78, 5) is 38.7. The summed E-state index contributed by atoms with van der Waals surface area (Å²) in [6.07, 6.45) is 1.42. The van der Waals surface area contributed by atoms with E-state index in [4.69, 9.17) is 11.1 Å². The molecule has 0 spiro atoms. The predicted octanol–water partition coefficient (Wildman–Crippen LogP) is 1.71. The van der Waals surface area contributed by atoms with E-state index in [0.717, 1.165) is 6.42 Å². The molecular formula is C22H28FN5O3. The Labute approximate surface area is 180 Å². The summed E-state index contributed by atoms with van der Waals surface area (Å²) in [5.41, 5.74) is 6.09. The standard InChI is InChI=1S/C22H28FN5O3/c1-11(2)19(23)12(3)27-22(31)17-9-13-8-16(13)28(17)18(29)10-26-15-7-5-4-6-14(15)20(24)21(25)30/h4-7,12-13,16-17,24,26H,8-10H2,1-3H3,(H2,25,30)(H,27,31)/t12?,13-,16-,17+/m1/s1. The molecule has 166 valence electrons. The number of likely N-dealkylation sites (tertiary alicyclic amines) is 1. The number of primary amides is 1. The maximum Gasteiger partial charge on any atom is 0.267 e. The molecular weight excluding hydrogens is 401 g/mol. The van der Waals surface area contributed by atoms with Crippen molar-refractivity contribution in [2.75, 3.05) is 11.9 Å². The van der Waals surface area contributed by atoms with Crippen LogP contribution in [0, 0.1) is 11.3 Å². The number of amides is 3. The quantitative estimate of drug-likeness (QED) is 0.469. The van der Waals surface area contributed by atoms with E-state index in [2.05, 4.69) is 10.6 Å². The van der Waals surface area contributed by atoms with E-state index < -0.39 is 18.0 Å². The number of para-hydroxylation sites is 1. The molecule has 31 heavy (non-hydrogen) atoms. The van der Waals surface area contributed by atoms with Crippen LogP contribution in [-0.2, 0) is 14.4 Å². The van der Waals surface area contributed by atoms with Crippen LogP contribution in [0.3, 0.4) is 0 Å². The van der Waals surface area contributed by atoms with Gasteiger partial charge in [0.2, 0.25) is 11.8 Å². The Bertz CT molecular complexity index is 956. The smallest absolute Gasteiger partial charge is 0.267 e. The molecule has 1 saturated heterocycles. The summed E-state index contributed by atoms with van der Waals surface area (Å²) in [6, 6.07) is 5.24. The molecule has 9 heteroatoms. The minimum absolute atomic E-state index is 0.0211. The third kappa shape index (κ3) is 4.76. The van der Waals surface area contributed by atoms with E-state index in [-0.39, 0.29) is 35.9 Å². The maximum absolute atomic E-state index is 14.1. The van der Waals surface area contributed by atoms with Gasteiger partial charge < -0.3 is 21.3 Å². The summed E-state index contributed by atoms with van der Waals surface area (Å²) in [5, 5.41) is 13.5. The van der Waals surface area contributed by atoms with Gasteiger partial charge in [0.25, 0.3) is 5.91 Å². The van der Waals surface area contributed by atoms with Crippen LogP contribution in [0.5, 0.6) is 0 Å². The number of nitrogens with zero attached hydrogens (tertiary/aromatic N) is 1. The molecule has 1 aromatic carbocycles. The van der Waals surface area contributed by atoms with Gasteiger partial charge >= 0.3 is 0 Å². The highest BCUT2D eigenvalue weighted by Gasteiger charge is 2.55. The number of carbonyl (C=O) groups excluding carboxylic acids is 3. The van der Waals surface area contributed by atoms with Gasteiger partial charge in [-0.3, -0.25) is 19.8 Å². The molecule has 1 aromatic rings. The number of fused-ring (bicyclic) bond motifs is 1. The lowest BCUT2D eigenvalue weighted by molar-refractivity contribution is -0.138. The summed E-state index contributed by atoms with van der Waals surface area (Å²) in [6.45, 7) is 4.75. The lowest BCUT2D eigenvalue weighted by Gasteiger charge is -2.28. The van der Waals surface area contributed by atoms with Gasteiger partial charge in [-0.25, -0.2) is 4.39 Å². The zero-order chi connectivity index (χ0) is 22.9. The number of anilines is 1. The van der Waals surface area contributed by atoms with E-state index in [1.807, 2.05) is 0 Å². The van der Waals surface area contributed by atoms with Crippen molar-refractivity contribution in [2.45, 2.75) is 51.7 Å². The van der Waals surface area contributed by atoms with E-state index in [1.54, 1.807) is 49.9 Å². The molecule has 1 aliphatic heterocycles. The average Bonchev–Trinajstić information content (AvgIpc) is 3.39. The fourth-order valence-electron chi connectivity index (χ4n) is 4.11. The highest BCUT2D eigenvalue weighted by Crippen LogP contribution is 2.47. The van der Waals surface area contributed by atoms with Gasteiger partial charge in [0.1, 0.15) is 17.6 Å². The third-order valence-electron chi connectivity index (χ3n) is 5.78. The molecule has 0 radical (unpaired) electrons. The van der Waals surface area contributed by atoms with E-state index >= 15 is 0 Å². The van der Waals surface area contributed by atoms with Crippen molar-refractivity contribution in [3.8, 4) is 0 Å². The Morgan fingerprint density at radius 2 is 1.94 bits per heavy atom. The van der Waals surface area contributed by atoms with Gasteiger partial charge in [-0.15, -0.1) is 0 Å². The van der Waals surface area contributed by atoms with Crippen LogP contribution in [0.4, 0.5) is 10.1 Å². The van der Waals surface area contributed by atoms with Crippen LogP contribution in [-0.4, -0.2) is 53.0 Å². The number of benzene rings is 1. The van der Waals surface area contributed by atoms with E-state index in [9.17, 15) is 18.8 Å². The van der Waals surface area contributed by atoms with Crippen molar-refractivity contribution in [1.82, 2.24) is 10.2 Å². The van der Waals surface area contributed by atoms with Gasteiger partial charge in [-0.05, 0) is 51.2 Å². The zero-order valence-electron chi connectivity index (χ0n) is 17.9. The van der Waals surface area contributed by atoms with Gasteiger partial charge in [-0.2, -0.15) is 0 Å². The molecule has 2 fully saturated rings. The number of nitrogens with two attached hydrogens (primary N) is 1. The van der Waals surface area contributed by atoms with Gasteiger partial charge in [0.05, 0.1) is 12.6 Å². The number of hydrogen-bond donors (Lipinski definition) is 4. The van der Waals surface area contributed by atoms with Crippen LogP contribution in [0.1, 0.15) is 39.2 Å². The monoisotopic (exact) mass is 429 g/mol. The molecule has 1 heterocycles. The fourth-order valence-corrected chi connectivity index (χ4v) is 4.11. The molecule has 3 rings (SSSR count). The van der Waals surface area contributed by atoms with Crippen molar-refractivity contribution in [3.63, 3.8) is 0 Å². The average molecular weight is 429 g/mol. The highest BCUT2D eigenvalue weighted by atomic mass is 19.1. The van der Waals surface area contributed by atoms with Crippen LogP contribution >= 0.6 is 0 Å². The Morgan fingerprint density at radius 1 is 1.26 bits per heavy atom. The number of allylic oxidation sites excluding steroid dienone is 1. The number of hydrogen-bond acceptors (Lipinski definition) is 5. The molecule has 0 aromatic heterocycles. The first-order chi connectivity index (χ1) is 14.6. The first-order valence-corrected chi connectivity index (χ1v) is 10.3. The van der Waals surface area contributed by atoms with Gasteiger partial charge in [0, 0.05) is 17.3 Å². The van der Waals surface area contributed by atoms with Crippen molar-refractivity contribution in [2.24, 2.45) is 11.7 Å². The fraction of sp³-hybridized carbons (Fsp3) is 0.455. The summed E-state index contributed by atoms with van der Waals surface area (Å²) in [5.74, 6) is -1.58. The Kier molecular flexibility index (Phi) is 6.42. The Balaban J connectivity index is 1.67. The first-order valence-electron chi connectivity index (χ1n) is 10.3. The largest absolute Gasteiger partial charge is 0.376 e. The maximum atomic E-state index is 14.1.